The number of aromatic nitrogens is 2. The number of aliphatic hydroxyl groups excluding tert-OH is 1. The molecule has 1 fully saturated rings. The van der Waals surface area contributed by atoms with Crippen molar-refractivity contribution in [2.45, 2.75) is 45.3 Å². The van der Waals surface area contributed by atoms with Crippen molar-refractivity contribution in [2.75, 3.05) is 19.8 Å². The summed E-state index contributed by atoms with van der Waals surface area (Å²) in [6.45, 7) is 6.33. The Labute approximate surface area is 178 Å². The molecule has 1 unspecified atom stereocenters. The Balaban J connectivity index is 0.00000240. The Morgan fingerprint density at radius 3 is 2.72 bits per heavy atom. The fourth-order valence-corrected chi connectivity index (χ4v) is 3.87. The number of hydrogen-bond acceptors (Lipinski definition) is 4. The minimum Gasteiger partial charge on any atom is -0.491 e. The second-order valence-electron chi connectivity index (χ2n) is 7.69. The molecule has 29 heavy (non-hydrogen) atoms. The molecule has 5 nitrogen and oxygen atoms in total. The van der Waals surface area contributed by atoms with E-state index in [0.717, 1.165) is 59.8 Å². The summed E-state index contributed by atoms with van der Waals surface area (Å²) in [5.41, 5.74) is 4.27. The Bertz CT molecular complexity index is 950. The maximum absolute atomic E-state index is 10.7. The zero-order valence-corrected chi connectivity index (χ0v) is 17.8. The molecule has 6 heteroatoms. The fraction of sp³-hybridized carbons (Fsp3) is 0.435. The highest BCUT2D eigenvalue weighted by Gasteiger charge is 2.24. The van der Waals surface area contributed by atoms with Crippen molar-refractivity contribution in [3.05, 3.63) is 59.4 Å². The van der Waals surface area contributed by atoms with Gasteiger partial charge in [0.2, 0.25) is 0 Å². The summed E-state index contributed by atoms with van der Waals surface area (Å²) < 4.78 is 13.6. The second-order valence-corrected chi connectivity index (χ2v) is 7.69. The lowest BCUT2D eigenvalue weighted by Gasteiger charge is -2.24. The molecule has 0 bridgehead atoms. The summed E-state index contributed by atoms with van der Waals surface area (Å²) >= 11 is 0. The number of benzene rings is 2. The number of para-hydroxylation sites is 2. The number of rotatable bonds is 6. The molecular formula is C23H29ClN2O3. The van der Waals surface area contributed by atoms with E-state index in [9.17, 15) is 5.11 Å². The molecule has 1 saturated heterocycles. The summed E-state index contributed by atoms with van der Waals surface area (Å²) in [5.74, 6) is 2.25. The zero-order chi connectivity index (χ0) is 19.5. The van der Waals surface area contributed by atoms with Crippen LogP contribution in [0.3, 0.4) is 0 Å². The molecule has 4 rings (SSSR count). The van der Waals surface area contributed by atoms with E-state index in [1.54, 1.807) is 0 Å². The Morgan fingerprint density at radius 1 is 1.17 bits per heavy atom. The first kappa shape index (κ1) is 21.6. The van der Waals surface area contributed by atoms with Gasteiger partial charge in [-0.15, -0.1) is 12.4 Å². The van der Waals surface area contributed by atoms with E-state index in [1.807, 2.05) is 44.2 Å². The fourth-order valence-electron chi connectivity index (χ4n) is 3.87. The Morgan fingerprint density at radius 2 is 1.93 bits per heavy atom. The zero-order valence-electron chi connectivity index (χ0n) is 17.0. The highest BCUT2D eigenvalue weighted by atomic mass is 35.5. The number of aliphatic hydroxyl groups is 1. The van der Waals surface area contributed by atoms with Crippen molar-refractivity contribution in [1.82, 2.24) is 9.55 Å². The van der Waals surface area contributed by atoms with E-state index >= 15 is 0 Å². The third-order valence-electron chi connectivity index (χ3n) is 5.44. The molecule has 2 aromatic carbocycles. The van der Waals surface area contributed by atoms with Gasteiger partial charge in [-0.3, -0.25) is 0 Å². The van der Waals surface area contributed by atoms with Crippen LogP contribution >= 0.6 is 12.4 Å². The molecule has 1 aromatic heterocycles. The van der Waals surface area contributed by atoms with Crippen LogP contribution in [-0.4, -0.2) is 40.6 Å². The lowest BCUT2D eigenvalue weighted by atomic mass is 9.99. The van der Waals surface area contributed by atoms with Crippen LogP contribution in [-0.2, 0) is 11.3 Å². The highest BCUT2D eigenvalue weighted by molar-refractivity contribution is 5.85. The van der Waals surface area contributed by atoms with E-state index in [4.69, 9.17) is 14.5 Å². The first-order valence-electron chi connectivity index (χ1n) is 10.0. The summed E-state index contributed by atoms with van der Waals surface area (Å²) in [7, 11) is 0. The molecule has 0 amide bonds. The van der Waals surface area contributed by atoms with E-state index < -0.39 is 6.10 Å². The molecule has 1 N–H and O–H groups in total. The molecular weight excluding hydrogens is 388 g/mol. The normalized spacial score (nSPS) is 15.8. The molecule has 1 aliphatic heterocycles. The molecule has 0 radical (unpaired) electrons. The van der Waals surface area contributed by atoms with Crippen molar-refractivity contribution in [1.29, 1.82) is 0 Å². The van der Waals surface area contributed by atoms with Gasteiger partial charge in [-0.1, -0.05) is 24.3 Å². The molecule has 1 aliphatic rings. The standard InChI is InChI=1S/C23H28N2O3.ClH/c1-16-7-8-17(2)22(13-16)28-15-19(26)14-25-21-6-4-3-5-20(21)24-23(25)18-9-11-27-12-10-18;/h3-8,13,18-19,26H,9-12,14-15H2,1-2H3;1H. The lowest BCUT2D eigenvalue weighted by Crippen LogP contribution is -2.26. The monoisotopic (exact) mass is 416 g/mol. The summed E-state index contributed by atoms with van der Waals surface area (Å²) in [5, 5.41) is 10.7. The van der Waals surface area contributed by atoms with E-state index in [2.05, 4.69) is 16.7 Å². The van der Waals surface area contributed by atoms with Crippen molar-refractivity contribution in [3.8, 4) is 5.75 Å². The van der Waals surface area contributed by atoms with Crippen LogP contribution in [0.5, 0.6) is 5.75 Å². The molecule has 2 heterocycles. The van der Waals surface area contributed by atoms with E-state index in [-0.39, 0.29) is 19.0 Å². The number of nitrogens with zero attached hydrogens (tertiary/aromatic N) is 2. The number of aryl methyl sites for hydroxylation is 2. The summed E-state index contributed by atoms with van der Waals surface area (Å²) in [6.07, 6.45) is 1.33. The topological polar surface area (TPSA) is 56.5 Å². The molecule has 156 valence electrons. The third-order valence-corrected chi connectivity index (χ3v) is 5.44. The van der Waals surface area contributed by atoms with Crippen molar-refractivity contribution >= 4 is 23.4 Å². The van der Waals surface area contributed by atoms with E-state index in [1.165, 1.54) is 0 Å². The van der Waals surface area contributed by atoms with Crippen molar-refractivity contribution in [2.24, 2.45) is 0 Å². The molecule has 0 aliphatic carbocycles. The predicted molar refractivity (Wildman–Crippen MR) is 117 cm³/mol. The van der Waals surface area contributed by atoms with Crippen LogP contribution in [0.4, 0.5) is 0 Å². The largest absolute Gasteiger partial charge is 0.491 e. The minimum absolute atomic E-state index is 0. The lowest BCUT2D eigenvalue weighted by molar-refractivity contribution is 0.0779. The molecule has 0 saturated carbocycles. The SMILES string of the molecule is Cc1ccc(C)c(OCC(O)Cn2c(C3CCOCC3)nc3ccccc32)c1.Cl. The summed E-state index contributed by atoms with van der Waals surface area (Å²) in [4.78, 5) is 4.89. The maximum atomic E-state index is 10.7. The van der Waals surface area contributed by atoms with Gasteiger partial charge in [-0.2, -0.15) is 0 Å². The summed E-state index contributed by atoms with van der Waals surface area (Å²) in [6, 6.07) is 14.3. The van der Waals surface area contributed by atoms with Gasteiger partial charge in [0.15, 0.2) is 0 Å². The molecule has 1 atom stereocenters. The third kappa shape index (κ3) is 4.92. The Kier molecular flexibility index (Phi) is 7.17. The van der Waals surface area contributed by atoms with Crippen molar-refractivity contribution in [3.63, 3.8) is 0 Å². The average Bonchev–Trinajstić information content (AvgIpc) is 3.08. The molecule has 0 spiro atoms. The quantitative estimate of drug-likeness (QED) is 0.646. The number of ether oxygens (including phenoxy) is 2. The second kappa shape index (κ2) is 9.61. The predicted octanol–water partition coefficient (Wildman–Crippen LogP) is 4.41. The van der Waals surface area contributed by atoms with Gasteiger partial charge >= 0.3 is 0 Å². The van der Waals surface area contributed by atoms with Gasteiger partial charge in [-0.25, -0.2) is 4.98 Å². The first-order chi connectivity index (χ1) is 13.6. The van der Waals surface area contributed by atoms with Gasteiger partial charge in [0.05, 0.1) is 17.6 Å². The number of fused-ring (bicyclic) bond motifs is 1. The number of halogens is 1. The smallest absolute Gasteiger partial charge is 0.122 e. The van der Waals surface area contributed by atoms with Crippen LogP contribution < -0.4 is 4.74 Å². The van der Waals surface area contributed by atoms with Crippen LogP contribution in [0.25, 0.3) is 11.0 Å². The number of hydrogen-bond donors (Lipinski definition) is 1. The van der Waals surface area contributed by atoms with Gasteiger partial charge in [-0.05, 0) is 56.0 Å². The molecule has 3 aromatic rings. The van der Waals surface area contributed by atoms with Crippen LogP contribution in [0.2, 0.25) is 0 Å². The maximum Gasteiger partial charge on any atom is 0.122 e. The minimum atomic E-state index is -0.615. The average molecular weight is 417 g/mol. The van der Waals surface area contributed by atoms with Crippen LogP contribution in [0, 0.1) is 13.8 Å². The van der Waals surface area contributed by atoms with Crippen LogP contribution in [0.1, 0.15) is 35.7 Å². The van der Waals surface area contributed by atoms with E-state index in [0.29, 0.717) is 12.5 Å². The van der Waals surface area contributed by atoms with Gasteiger partial charge < -0.3 is 19.1 Å². The van der Waals surface area contributed by atoms with Crippen molar-refractivity contribution < 1.29 is 14.6 Å². The Hall–Kier alpha value is -2.08. The first-order valence-corrected chi connectivity index (χ1v) is 10.0. The van der Waals surface area contributed by atoms with Gasteiger partial charge in [0.25, 0.3) is 0 Å². The van der Waals surface area contributed by atoms with Gasteiger partial charge in [0.1, 0.15) is 24.3 Å². The highest BCUT2D eigenvalue weighted by Crippen LogP contribution is 2.29. The van der Waals surface area contributed by atoms with Gasteiger partial charge in [0, 0.05) is 19.1 Å². The number of imidazole rings is 1. The van der Waals surface area contributed by atoms with Crippen LogP contribution in [0.15, 0.2) is 42.5 Å².